The summed E-state index contributed by atoms with van der Waals surface area (Å²) < 4.78 is 0. The quantitative estimate of drug-likeness (QED) is 0.797. The van der Waals surface area contributed by atoms with Crippen LogP contribution in [0.1, 0.15) is 18.4 Å². The average molecular weight is 242 g/mol. The number of nitrogens with zero attached hydrogens (tertiary/aromatic N) is 3. The van der Waals surface area contributed by atoms with E-state index in [1.807, 2.05) is 12.1 Å². The maximum atomic E-state index is 9.01. The summed E-state index contributed by atoms with van der Waals surface area (Å²) in [4.78, 5) is 4.87. The highest BCUT2D eigenvalue weighted by atomic mass is 15.3. The van der Waals surface area contributed by atoms with E-state index in [1.165, 1.54) is 12.8 Å². The van der Waals surface area contributed by atoms with Gasteiger partial charge in [-0.1, -0.05) is 6.07 Å². The predicted molar refractivity (Wildman–Crippen MR) is 72.4 cm³/mol. The summed E-state index contributed by atoms with van der Waals surface area (Å²) in [6, 6.07) is 8.70. The summed E-state index contributed by atoms with van der Waals surface area (Å²) in [5, 5.41) is 9.01. The van der Waals surface area contributed by atoms with Crippen LogP contribution in [-0.2, 0) is 0 Å². The molecule has 1 heterocycles. The molecule has 1 aliphatic heterocycles. The molecule has 3 rings (SSSR count). The molecule has 4 nitrogen and oxygen atoms in total. The Labute approximate surface area is 108 Å². The Morgan fingerprint density at radius 3 is 2.50 bits per heavy atom. The lowest BCUT2D eigenvalue weighted by molar-refractivity contribution is 0.248. The van der Waals surface area contributed by atoms with Gasteiger partial charge in [-0.2, -0.15) is 5.26 Å². The zero-order chi connectivity index (χ0) is 12.5. The van der Waals surface area contributed by atoms with E-state index in [1.54, 1.807) is 6.07 Å². The van der Waals surface area contributed by atoms with Gasteiger partial charge in [0.05, 0.1) is 16.9 Å². The summed E-state index contributed by atoms with van der Waals surface area (Å²) >= 11 is 0. The van der Waals surface area contributed by atoms with Crippen LogP contribution in [0.3, 0.4) is 0 Å². The SMILES string of the molecule is N#Cc1cccc(N2CCN(C3CC3)CC2)c1N. The van der Waals surface area contributed by atoms with Gasteiger partial charge in [0.25, 0.3) is 0 Å². The van der Waals surface area contributed by atoms with Crippen molar-refractivity contribution in [2.45, 2.75) is 18.9 Å². The van der Waals surface area contributed by atoms with E-state index in [4.69, 9.17) is 11.0 Å². The third-order valence-electron chi connectivity index (χ3n) is 3.92. The minimum atomic E-state index is 0.581. The zero-order valence-corrected chi connectivity index (χ0v) is 10.5. The number of benzene rings is 1. The van der Waals surface area contributed by atoms with E-state index in [0.29, 0.717) is 11.3 Å². The van der Waals surface area contributed by atoms with Crippen molar-refractivity contribution in [3.8, 4) is 6.07 Å². The predicted octanol–water partition coefficient (Wildman–Crippen LogP) is 1.42. The molecule has 0 amide bonds. The first kappa shape index (κ1) is 11.4. The molecule has 0 aromatic heterocycles. The van der Waals surface area contributed by atoms with Gasteiger partial charge in [-0.3, -0.25) is 4.90 Å². The molecule has 4 heteroatoms. The summed E-state index contributed by atoms with van der Waals surface area (Å²) in [6.45, 7) is 4.24. The third kappa shape index (κ3) is 2.02. The van der Waals surface area contributed by atoms with Crippen molar-refractivity contribution in [3.05, 3.63) is 23.8 Å². The van der Waals surface area contributed by atoms with Crippen LogP contribution in [0.25, 0.3) is 0 Å². The first-order valence-electron chi connectivity index (χ1n) is 6.57. The van der Waals surface area contributed by atoms with Crippen LogP contribution in [0.15, 0.2) is 18.2 Å². The van der Waals surface area contributed by atoms with Gasteiger partial charge in [-0.05, 0) is 25.0 Å². The second kappa shape index (κ2) is 4.51. The van der Waals surface area contributed by atoms with Gasteiger partial charge in [0.2, 0.25) is 0 Å². The topological polar surface area (TPSA) is 56.3 Å². The molecule has 2 fully saturated rings. The van der Waals surface area contributed by atoms with E-state index < -0.39 is 0 Å². The average Bonchev–Trinajstić information content (AvgIpc) is 3.24. The van der Waals surface area contributed by atoms with Crippen LogP contribution < -0.4 is 10.6 Å². The standard InChI is InChI=1S/C14H18N4/c15-10-11-2-1-3-13(14(11)16)18-8-6-17(7-9-18)12-4-5-12/h1-3,12H,4-9,16H2. The van der Waals surface area contributed by atoms with Gasteiger partial charge in [-0.15, -0.1) is 0 Å². The number of hydrogen-bond donors (Lipinski definition) is 1. The molecule has 2 N–H and O–H groups in total. The van der Waals surface area contributed by atoms with E-state index in [-0.39, 0.29) is 0 Å². The second-order valence-electron chi connectivity index (χ2n) is 5.10. The number of para-hydroxylation sites is 1. The van der Waals surface area contributed by atoms with Crippen molar-refractivity contribution < 1.29 is 0 Å². The maximum Gasteiger partial charge on any atom is 0.101 e. The van der Waals surface area contributed by atoms with Gasteiger partial charge in [0.15, 0.2) is 0 Å². The third-order valence-corrected chi connectivity index (χ3v) is 3.92. The highest BCUT2D eigenvalue weighted by Gasteiger charge is 2.31. The molecule has 2 aliphatic rings. The fourth-order valence-electron chi connectivity index (χ4n) is 2.69. The smallest absolute Gasteiger partial charge is 0.101 e. The van der Waals surface area contributed by atoms with Crippen LogP contribution in [0.5, 0.6) is 0 Å². The van der Waals surface area contributed by atoms with Crippen LogP contribution in [0.2, 0.25) is 0 Å². The first-order chi connectivity index (χ1) is 8.79. The minimum Gasteiger partial charge on any atom is -0.396 e. The number of piperazine rings is 1. The second-order valence-corrected chi connectivity index (χ2v) is 5.10. The van der Waals surface area contributed by atoms with E-state index in [2.05, 4.69) is 15.9 Å². The van der Waals surface area contributed by atoms with Crippen molar-refractivity contribution in [2.24, 2.45) is 0 Å². The zero-order valence-electron chi connectivity index (χ0n) is 10.5. The molecule has 0 unspecified atom stereocenters. The highest BCUT2D eigenvalue weighted by molar-refractivity contribution is 5.74. The van der Waals surface area contributed by atoms with E-state index in [9.17, 15) is 0 Å². The number of hydrogen-bond acceptors (Lipinski definition) is 4. The lowest BCUT2D eigenvalue weighted by atomic mass is 10.1. The summed E-state index contributed by atoms with van der Waals surface area (Å²) in [5.41, 5.74) is 8.28. The van der Waals surface area contributed by atoms with Crippen molar-refractivity contribution in [1.29, 1.82) is 5.26 Å². The lowest BCUT2D eigenvalue weighted by Crippen LogP contribution is -2.47. The Bertz CT molecular complexity index is 479. The minimum absolute atomic E-state index is 0.581. The lowest BCUT2D eigenvalue weighted by Gasteiger charge is -2.36. The molecule has 0 bridgehead atoms. The van der Waals surface area contributed by atoms with Crippen molar-refractivity contribution in [1.82, 2.24) is 4.90 Å². The summed E-state index contributed by atoms with van der Waals surface area (Å²) in [5.74, 6) is 0. The van der Waals surface area contributed by atoms with Crippen molar-refractivity contribution >= 4 is 11.4 Å². The maximum absolute atomic E-state index is 9.01. The number of nitrogen functional groups attached to an aromatic ring is 1. The molecule has 1 aromatic rings. The van der Waals surface area contributed by atoms with Crippen LogP contribution in [0.4, 0.5) is 11.4 Å². The van der Waals surface area contributed by atoms with Crippen molar-refractivity contribution in [2.75, 3.05) is 36.8 Å². The molecular formula is C14H18N4. The van der Waals surface area contributed by atoms with E-state index in [0.717, 1.165) is 37.9 Å². The Morgan fingerprint density at radius 2 is 1.89 bits per heavy atom. The fraction of sp³-hybridized carbons (Fsp3) is 0.500. The summed E-state index contributed by atoms with van der Waals surface area (Å²) in [6.07, 6.45) is 2.73. The van der Waals surface area contributed by atoms with Gasteiger partial charge in [0.1, 0.15) is 6.07 Å². The van der Waals surface area contributed by atoms with Gasteiger partial charge in [-0.25, -0.2) is 0 Å². The Balaban J connectivity index is 1.74. The molecule has 1 aliphatic carbocycles. The molecule has 18 heavy (non-hydrogen) atoms. The number of rotatable bonds is 2. The number of anilines is 2. The molecule has 0 spiro atoms. The molecule has 1 saturated heterocycles. The molecule has 1 aromatic carbocycles. The molecule has 0 radical (unpaired) electrons. The molecule has 1 saturated carbocycles. The molecule has 0 atom stereocenters. The molecule has 94 valence electrons. The van der Waals surface area contributed by atoms with Gasteiger partial charge >= 0.3 is 0 Å². The van der Waals surface area contributed by atoms with Crippen LogP contribution in [-0.4, -0.2) is 37.1 Å². The number of nitriles is 1. The van der Waals surface area contributed by atoms with Gasteiger partial charge < -0.3 is 10.6 Å². The van der Waals surface area contributed by atoms with Crippen LogP contribution in [0, 0.1) is 11.3 Å². The largest absolute Gasteiger partial charge is 0.396 e. The fourth-order valence-corrected chi connectivity index (χ4v) is 2.69. The first-order valence-corrected chi connectivity index (χ1v) is 6.57. The normalized spacial score (nSPS) is 20.7. The summed E-state index contributed by atoms with van der Waals surface area (Å²) in [7, 11) is 0. The Morgan fingerprint density at radius 1 is 1.17 bits per heavy atom. The van der Waals surface area contributed by atoms with Crippen molar-refractivity contribution in [3.63, 3.8) is 0 Å². The Kier molecular flexibility index (Phi) is 2.85. The Hall–Kier alpha value is -1.73. The van der Waals surface area contributed by atoms with Crippen LogP contribution >= 0.6 is 0 Å². The number of nitrogens with two attached hydrogens (primary N) is 1. The van der Waals surface area contributed by atoms with Gasteiger partial charge in [0, 0.05) is 32.2 Å². The highest BCUT2D eigenvalue weighted by Crippen LogP contribution is 2.31. The molecular weight excluding hydrogens is 224 g/mol. The van der Waals surface area contributed by atoms with E-state index >= 15 is 0 Å². The monoisotopic (exact) mass is 242 g/mol.